The first-order chi connectivity index (χ1) is 12.5. The number of benzene rings is 2. The smallest absolute Gasteiger partial charge is 0.278 e. The SMILES string of the molecule is Cc1ccc(CNC(=O)[C@@H](C)[NH+]2CCN(c3ccc(O)cc3)CC2)cc1. The van der Waals surface area contributed by atoms with Crippen molar-refractivity contribution in [2.24, 2.45) is 0 Å². The zero-order valence-corrected chi connectivity index (χ0v) is 15.5. The van der Waals surface area contributed by atoms with Gasteiger partial charge in [0.2, 0.25) is 0 Å². The average Bonchev–Trinajstić information content (AvgIpc) is 2.67. The molecule has 3 rings (SSSR count). The number of quaternary nitrogens is 1. The number of anilines is 1. The Morgan fingerprint density at radius 3 is 2.35 bits per heavy atom. The quantitative estimate of drug-likeness (QED) is 0.754. The fourth-order valence-electron chi connectivity index (χ4n) is 3.38. The van der Waals surface area contributed by atoms with E-state index in [0.29, 0.717) is 6.54 Å². The summed E-state index contributed by atoms with van der Waals surface area (Å²) >= 11 is 0. The van der Waals surface area contributed by atoms with E-state index < -0.39 is 0 Å². The van der Waals surface area contributed by atoms with E-state index in [2.05, 4.69) is 41.4 Å². The predicted molar refractivity (Wildman–Crippen MR) is 104 cm³/mol. The zero-order valence-electron chi connectivity index (χ0n) is 15.5. The van der Waals surface area contributed by atoms with Crippen LogP contribution in [0.25, 0.3) is 0 Å². The second-order valence-electron chi connectivity index (χ2n) is 7.09. The third-order valence-corrected chi connectivity index (χ3v) is 5.21. The highest BCUT2D eigenvalue weighted by atomic mass is 16.3. The van der Waals surface area contributed by atoms with Crippen molar-refractivity contribution in [3.05, 3.63) is 59.7 Å². The second kappa shape index (κ2) is 8.23. The van der Waals surface area contributed by atoms with E-state index >= 15 is 0 Å². The molecule has 0 radical (unpaired) electrons. The molecule has 2 aromatic carbocycles. The lowest BCUT2D eigenvalue weighted by atomic mass is 10.1. The van der Waals surface area contributed by atoms with E-state index in [4.69, 9.17) is 0 Å². The summed E-state index contributed by atoms with van der Waals surface area (Å²) in [5, 5.41) is 12.5. The van der Waals surface area contributed by atoms with Crippen LogP contribution in [0.2, 0.25) is 0 Å². The van der Waals surface area contributed by atoms with Crippen LogP contribution in [-0.4, -0.2) is 43.2 Å². The average molecular weight is 354 g/mol. The minimum absolute atomic E-state index is 0.0533. The summed E-state index contributed by atoms with van der Waals surface area (Å²) in [7, 11) is 0. The van der Waals surface area contributed by atoms with Gasteiger partial charge in [-0.1, -0.05) is 29.8 Å². The Morgan fingerprint density at radius 1 is 1.12 bits per heavy atom. The molecule has 1 saturated heterocycles. The van der Waals surface area contributed by atoms with Crippen molar-refractivity contribution in [1.29, 1.82) is 0 Å². The summed E-state index contributed by atoms with van der Waals surface area (Å²) in [5.74, 6) is 0.399. The predicted octanol–water partition coefficient (Wildman–Crippen LogP) is 1.11. The number of piperazine rings is 1. The molecule has 138 valence electrons. The normalized spacial score (nSPS) is 16.3. The maximum Gasteiger partial charge on any atom is 0.278 e. The lowest BCUT2D eigenvalue weighted by Crippen LogP contribution is -3.19. The van der Waals surface area contributed by atoms with Crippen molar-refractivity contribution in [2.75, 3.05) is 31.1 Å². The van der Waals surface area contributed by atoms with E-state index in [1.54, 1.807) is 12.1 Å². The van der Waals surface area contributed by atoms with Crippen LogP contribution in [0.5, 0.6) is 5.75 Å². The highest BCUT2D eigenvalue weighted by Crippen LogP contribution is 2.18. The minimum Gasteiger partial charge on any atom is -0.508 e. The van der Waals surface area contributed by atoms with Crippen LogP contribution in [0.15, 0.2) is 48.5 Å². The van der Waals surface area contributed by atoms with Crippen molar-refractivity contribution in [1.82, 2.24) is 5.32 Å². The van der Waals surface area contributed by atoms with Gasteiger partial charge in [-0.05, 0) is 43.7 Å². The molecule has 0 saturated carbocycles. The number of phenolic OH excluding ortho intramolecular Hbond substituents is 1. The summed E-state index contributed by atoms with van der Waals surface area (Å²) < 4.78 is 0. The monoisotopic (exact) mass is 354 g/mol. The number of aromatic hydroxyl groups is 1. The molecule has 1 aliphatic heterocycles. The fraction of sp³-hybridized carbons (Fsp3) is 0.381. The number of nitrogens with one attached hydrogen (secondary N) is 2. The number of phenols is 1. The van der Waals surface area contributed by atoms with Gasteiger partial charge in [0.25, 0.3) is 5.91 Å². The number of carbonyl (C=O) groups excluding carboxylic acids is 1. The number of carbonyl (C=O) groups is 1. The maximum atomic E-state index is 12.5. The lowest BCUT2D eigenvalue weighted by molar-refractivity contribution is -0.914. The van der Waals surface area contributed by atoms with Crippen molar-refractivity contribution >= 4 is 11.6 Å². The van der Waals surface area contributed by atoms with Gasteiger partial charge in [-0.25, -0.2) is 0 Å². The second-order valence-corrected chi connectivity index (χ2v) is 7.09. The Bertz CT molecular complexity index is 720. The van der Waals surface area contributed by atoms with Crippen molar-refractivity contribution in [2.45, 2.75) is 26.4 Å². The van der Waals surface area contributed by atoms with Crippen LogP contribution in [0, 0.1) is 6.92 Å². The standard InChI is InChI=1S/C21H27N3O2/c1-16-3-5-18(6-4-16)15-22-21(26)17(2)23-11-13-24(14-12-23)19-7-9-20(25)10-8-19/h3-10,17,25H,11-15H2,1-2H3,(H,22,26)/p+1/t17-/m1/s1. The van der Waals surface area contributed by atoms with E-state index in [9.17, 15) is 9.90 Å². The molecule has 1 atom stereocenters. The van der Waals surface area contributed by atoms with Crippen LogP contribution in [-0.2, 0) is 11.3 Å². The van der Waals surface area contributed by atoms with Gasteiger partial charge in [0.15, 0.2) is 6.04 Å². The highest BCUT2D eigenvalue weighted by molar-refractivity contribution is 5.79. The third-order valence-electron chi connectivity index (χ3n) is 5.21. The maximum absolute atomic E-state index is 12.5. The number of hydrogen-bond acceptors (Lipinski definition) is 3. The summed E-state index contributed by atoms with van der Waals surface area (Å²) in [5.41, 5.74) is 3.48. The molecule has 0 spiro atoms. The van der Waals surface area contributed by atoms with Gasteiger partial charge in [-0.3, -0.25) is 4.79 Å². The van der Waals surface area contributed by atoms with Crippen molar-refractivity contribution < 1.29 is 14.8 Å². The van der Waals surface area contributed by atoms with Crippen molar-refractivity contribution in [3.63, 3.8) is 0 Å². The molecular formula is C21H28N3O2+. The summed E-state index contributed by atoms with van der Waals surface area (Å²) in [4.78, 5) is 16.1. The van der Waals surface area contributed by atoms with Gasteiger partial charge in [-0.15, -0.1) is 0 Å². The van der Waals surface area contributed by atoms with Crippen molar-refractivity contribution in [3.8, 4) is 5.75 Å². The van der Waals surface area contributed by atoms with Gasteiger partial charge in [0.05, 0.1) is 26.2 Å². The molecule has 5 heteroatoms. The van der Waals surface area contributed by atoms with Gasteiger partial charge in [0, 0.05) is 12.2 Å². The van der Waals surface area contributed by atoms with Gasteiger partial charge < -0.3 is 20.2 Å². The Balaban J connectivity index is 1.48. The van der Waals surface area contributed by atoms with E-state index in [-0.39, 0.29) is 17.7 Å². The molecule has 5 nitrogen and oxygen atoms in total. The number of nitrogens with zero attached hydrogens (tertiary/aromatic N) is 1. The first-order valence-corrected chi connectivity index (χ1v) is 9.25. The Morgan fingerprint density at radius 2 is 1.73 bits per heavy atom. The molecule has 3 N–H and O–H groups in total. The van der Waals surface area contributed by atoms with Gasteiger partial charge in [0.1, 0.15) is 5.75 Å². The third kappa shape index (κ3) is 4.55. The first-order valence-electron chi connectivity index (χ1n) is 9.25. The number of rotatable bonds is 5. The van der Waals surface area contributed by atoms with E-state index in [1.165, 1.54) is 10.5 Å². The molecule has 0 unspecified atom stereocenters. The van der Waals surface area contributed by atoms with Crippen LogP contribution in [0.4, 0.5) is 5.69 Å². The number of amides is 1. The molecule has 2 aromatic rings. The van der Waals surface area contributed by atoms with Gasteiger partial charge >= 0.3 is 0 Å². The minimum atomic E-state index is -0.0533. The molecule has 1 heterocycles. The first kappa shape index (κ1) is 18.3. The highest BCUT2D eigenvalue weighted by Gasteiger charge is 2.29. The largest absolute Gasteiger partial charge is 0.508 e. The molecule has 26 heavy (non-hydrogen) atoms. The zero-order chi connectivity index (χ0) is 18.5. The Labute approximate surface area is 155 Å². The lowest BCUT2D eigenvalue weighted by Gasteiger charge is -2.36. The Kier molecular flexibility index (Phi) is 5.78. The van der Waals surface area contributed by atoms with Crippen LogP contribution in [0.1, 0.15) is 18.1 Å². The van der Waals surface area contributed by atoms with E-state index in [1.807, 2.05) is 19.1 Å². The fourth-order valence-corrected chi connectivity index (χ4v) is 3.38. The Hall–Kier alpha value is -2.53. The van der Waals surface area contributed by atoms with Gasteiger partial charge in [-0.2, -0.15) is 0 Å². The van der Waals surface area contributed by atoms with Crippen LogP contribution in [0.3, 0.4) is 0 Å². The summed E-state index contributed by atoms with van der Waals surface area (Å²) in [6.45, 7) is 8.34. The molecule has 1 fully saturated rings. The van der Waals surface area contributed by atoms with E-state index in [0.717, 1.165) is 37.4 Å². The summed E-state index contributed by atoms with van der Waals surface area (Å²) in [6, 6.07) is 15.5. The molecule has 1 amide bonds. The van der Waals surface area contributed by atoms with Crippen LogP contribution >= 0.6 is 0 Å². The van der Waals surface area contributed by atoms with Crippen LogP contribution < -0.4 is 15.1 Å². The molecule has 0 aromatic heterocycles. The molecule has 1 aliphatic rings. The topological polar surface area (TPSA) is 57.0 Å². The number of hydrogen-bond donors (Lipinski definition) is 3. The number of aryl methyl sites for hydroxylation is 1. The molecule has 0 bridgehead atoms. The summed E-state index contributed by atoms with van der Waals surface area (Å²) in [6.07, 6.45) is 0. The molecular weight excluding hydrogens is 326 g/mol. The molecule has 0 aliphatic carbocycles.